The number of carbonyl (C=O) groups excluding carboxylic acids is 2. The highest BCUT2D eigenvalue weighted by Gasteiger charge is 2.26. The van der Waals surface area contributed by atoms with Gasteiger partial charge in [0.1, 0.15) is 5.60 Å². The second-order valence-corrected chi connectivity index (χ2v) is 9.02. The highest BCUT2D eigenvalue weighted by atomic mass is 16.6. The summed E-state index contributed by atoms with van der Waals surface area (Å²) in [6, 6.07) is 14.2. The number of fused-ring (bicyclic) bond motifs is 1. The molecule has 0 aliphatic rings. The molecule has 2 atom stereocenters. The molecule has 0 aliphatic carbocycles. The molecule has 6 heteroatoms. The van der Waals surface area contributed by atoms with Gasteiger partial charge in [0.25, 0.3) is 0 Å². The van der Waals surface area contributed by atoms with Gasteiger partial charge in [0.15, 0.2) is 0 Å². The molecular formula is C25H36N2O4. The van der Waals surface area contributed by atoms with E-state index in [4.69, 9.17) is 9.47 Å². The van der Waals surface area contributed by atoms with Gasteiger partial charge in [-0.25, -0.2) is 4.79 Å². The molecule has 0 saturated carbocycles. The first-order valence-electron chi connectivity index (χ1n) is 10.9. The number of benzene rings is 2. The number of methoxy groups -OCH3 is 1. The number of carbonyl (C=O) groups is 2. The van der Waals surface area contributed by atoms with Crippen molar-refractivity contribution in [1.29, 1.82) is 0 Å². The van der Waals surface area contributed by atoms with Crippen molar-refractivity contribution in [3.8, 4) is 0 Å². The third-order valence-electron chi connectivity index (χ3n) is 5.34. The van der Waals surface area contributed by atoms with Gasteiger partial charge in [0.2, 0.25) is 0 Å². The Labute approximate surface area is 185 Å². The molecule has 0 aromatic heterocycles. The van der Waals surface area contributed by atoms with Crippen LogP contribution in [0.4, 0.5) is 4.79 Å². The van der Waals surface area contributed by atoms with Crippen LogP contribution in [0.1, 0.15) is 46.6 Å². The number of hydrogen-bond acceptors (Lipinski definition) is 5. The highest BCUT2D eigenvalue weighted by Crippen LogP contribution is 2.21. The Kier molecular flexibility index (Phi) is 8.87. The first kappa shape index (κ1) is 24.7. The van der Waals surface area contributed by atoms with E-state index in [1.54, 1.807) is 0 Å². The Hall–Kier alpha value is -2.60. The minimum absolute atomic E-state index is 0.142. The van der Waals surface area contributed by atoms with Crippen molar-refractivity contribution in [1.82, 2.24) is 10.2 Å². The van der Waals surface area contributed by atoms with E-state index >= 15 is 0 Å². The summed E-state index contributed by atoms with van der Waals surface area (Å²) in [7, 11) is 1.39. The molecule has 0 unspecified atom stereocenters. The number of amides is 1. The monoisotopic (exact) mass is 428 g/mol. The Morgan fingerprint density at radius 2 is 1.77 bits per heavy atom. The van der Waals surface area contributed by atoms with Crippen LogP contribution in [0.3, 0.4) is 0 Å². The largest absolute Gasteiger partial charge is 0.468 e. The third kappa shape index (κ3) is 7.87. The molecule has 1 N–H and O–H groups in total. The minimum Gasteiger partial charge on any atom is -0.468 e. The van der Waals surface area contributed by atoms with Crippen molar-refractivity contribution >= 4 is 22.8 Å². The van der Waals surface area contributed by atoms with Gasteiger partial charge in [-0.2, -0.15) is 0 Å². The second kappa shape index (κ2) is 11.1. The number of alkyl carbamates (subject to hydrolysis) is 1. The predicted octanol–water partition coefficient (Wildman–Crippen LogP) is 4.75. The average Bonchev–Trinajstić information content (AvgIpc) is 2.71. The SMILES string of the molecule is CC[C@H](C)[C@@H](CN(CC(=O)OC)Cc1cccc2ccccc12)NC(=O)OC(C)(C)C. The van der Waals surface area contributed by atoms with E-state index in [9.17, 15) is 9.59 Å². The smallest absolute Gasteiger partial charge is 0.407 e. The maximum absolute atomic E-state index is 12.4. The van der Waals surface area contributed by atoms with Gasteiger partial charge in [0, 0.05) is 19.1 Å². The Morgan fingerprint density at radius 3 is 2.42 bits per heavy atom. The van der Waals surface area contributed by atoms with Gasteiger partial charge < -0.3 is 14.8 Å². The van der Waals surface area contributed by atoms with Crippen LogP contribution in [0.15, 0.2) is 42.5 Å². The number of hydrogen-bond donors (Lipinski definition) is 1. The molecule has 0 radical (unpaired) electrons. The Morgan fingerprint density at radius 1 is 1.10 bits per heavy atom. The standard InChI is InChI=1S/C25H36N2O4/c1-7-18(2)22(26-24(29)31-25(3,4)5)16-27(17-23(28)30-6)15-20-13-10-12-19-11-8-9-14-21(19)20/h8-14,18,22H,7,15-17H2,1-6H3,(H,26,29)/t18-,22+/m0/s1. The van der Waals surface area contributed by atoms with Crippen molar-refractivity contribution in [2.24, 2.45) is 5.92 Å². The van der Waals surface area contributed by atoms with E-state index in [0.717, 1.165) is 22.8 Å². The van der Waals surface area contributed by atoms with Crippen LogP contribution >= 0.6 is 0 Å². The van der Waals surface area contributed by atoms with Gasteiger partial charge in [0.05, 0.1) is 13.7 Å². The van der Waals surface area contributed by atoms with Crippen LogP contribution in [0.5, 0.6) is 0 Å². The molecule has 6 nitrogen and oxygen atoms in total. The van der Waals surface area contributed by atoms with Crippen LogP contribution in [0.25, 0.3) is 10.8 Å². The summed E-state index contributed by atoms with van der Waals surface area (Å²) < 4.78 is 10.4. The molecule has 2 aromatic carbocycles. The molecule has 31 heavy (non-hydrogen) atoms. The third-order valence-corrected chi connectivity index (χ3v) is 5.34. The van der Waals surface area contributed by atoms with Crippen LogP contribution in [0.2, 0.25) is 0 Å². The first-order chi connectivity index (χ1) is 14.6. The molecule has 0 spiro atoms. The fourth-order valence-corrected chi connectivity index (χ4v) is 3.49. The zero-order valence-corrected chi connectivity index (χ0v) is 19.6. The normalized spacial score (nSPS) is 13.6. The number of nitrogens with zero attached hydrogens (tertiary/aromatic N) is 1. The van der Waals surface area contributed by atoms with Crippen LogP contribution in [-0.2, 0) is 20.8 Å². The zero-order chi connectivity index (χ0) is 23.0. The van der Waals surface area contributed by atoms with Gasteiger partial charge >= 0.3 is 12.1 Å². The van der Waals surface area contributed by atoms with E-state index in [0.29, 0.717) is 13.1 Å². The lowest BCUT2D eigenvalue weighted by Gasteiger charge is -2.31. The molecule has 170 valence electrons. The topological polar surface area (TPSA) is 67.9 Å². The van der Waals surface area contributed by atoms with E-state index in [-0.39, 0.29) is 24.5 Å². The van der Waals surface area contributed by atoms with Gasteiger partial charge in [-0.05, 0) is 43.0 Å². The molecule has 2 rings (SSSR count). The maximum atomic E-state index is 12.4. The summed E-state index contributed by atoms with van der Waals surface area (Å²) in [6.07, 6.45) is 0.446. The molecule has 2 aromatic rings. The average molecular weight is 429 g/mol. The Bertz CT molecular complexity index is 870. The van der Waals surface area contributed by atoms with E-state index in [2.05, 4.69) is 43.4 Å². The summed E-state index contributed by atoms with van der Waals surface area (Å²) in [6.45, 7) is 10.9. The van der Waals surface area contributed by atoms with E-state index < -0.39 is 11.7 Å². The van der Waals surface area contributed by atoms with Crippen LogP contribution < -0.4 is 5.32 Å². The number of nitrogens with one attached hydrogen (secondary N) is 1. The summed E-state index contributed by atoms with van der Waals surface area (Å²) >= 11 is 0. The van der Waals surface area contributed by atoms with Gasteiger partial charge in [-0.15, -0.1) is 0 Å². The summed E-state index contributed by atoms with van der Waals surface area (Å²) in [5.41, 5.74) is 0.556. The lowest BCUT2D eigenvalue weighted by atomic mass is 9.98. The summed E-state index contributed by atoms with van der Waals surface area (Å²) in [4.78, 5) is 26.6. The van der Waals surface area contributed by atoms with Crippen molar-refractivity contribution in [3.63, 3.8) is 0 Å². The quantitative estimate of drug-likeness (QED) is 0.584. The van der Waals surface area contributed by atoms with Crippen molar-refractivity contribution < 1.29 is 19.1 Å². The molecular weight excluding hydrogens is 392 g/mol. The van der Waals surface area contributed by atoms with Gasteiger partial charge in [-0.1, -0.05) is 62.7 Å². The lowest BCUT2D eigenvalue weighted by Crippen LogP contribution is -2.49. The maximum Gasteiger partial charge on any atom is 0.407 e. The van der Waals surface area contributed by atoms with Crippen molar-refractivity contribution in [2.45, 2.75) is 59.2 Å². The minimum atomic E-state index is -0.571. The highest BCUT2D eigenvalue weighted by molar-refractivity contribution is 5.85. The van der Waals surface area contributed by atoms with E-state index in [1.807, 2.05) is 43.9 Å². The van der Waals surface area contributed by atoms with Gasteiger partial charge in [-0.3, -0.25) is 9.69 Å². The second-order valence-electron chi connectivity index (χ2n) is 9.02. The molecule has 0 heterocycles. The Balaban J connectivity index is 2.25. The molecule has 0 saturated heterocycles. The number of esters is 1. The fraction of sp³-hybridized carbons (Fsp3) is 0.520. The fourth-order valence-electron chi connectivity index (χ4n) is 3.49. The summed E-state index contributed by atoms with van der Waals surface area (Å²) in [5.74, 6) is -0.0967. The predicted molar refractivity (Wildman–Crippen MR) is 124 cm³/mol. The summed E-state index contributed by atoms with van der Waals surface area (Å²) in [5, 5.41) is 5.32. The van der Waals surface area contributed by atoms with Crippen LogP contribution in [0, 0.1) is 5.92 Å². The molecule has 0 bridgehead atoms. The number of rotatable bonds is 9. The molecule has 0 fully saturated rings. The lowest BCUT2D eigenvalue weighted by molar-refractivity contribution is -0.142. The van der Waals surface area contributed by atoms with Crippen LogP contribution in [-0.4, -0.2) is 48.8 Å². The molecule has 0 aliphatic heterocycles. The molecule has 1 amide bonds. The zero-order valence-electron chi connectivity index (χ0n) is 19.6. The van der Waals surface area contributed by atoms with Crippen molar-refractivity contribution in [2.75, 3.05) is 20.2 Å². The van der Waals surface area contributed by atoms with E-state index in [1.165, 1.54) is 7.11 Å². The first-order valence-corrected chi connectivity index (χ1v) is 10.9. The number of ether oxygens (including phenoxy) is 2. The van der Waals surface area contributed by atoms with Crippen molar-refractivity contribution in [3.05, 3.63) is 48.0 Å².